The van der Waals surface area contributed by atoms with Crippen molar-refractivity contribution in [3.05, 3.63) is 64.2 Å². The van der Waals surface area contributed by atoms with Gasteiger partial charge in [0.25, 0.3) is 0 Å². The molecule has 23 heavy (non-hydrogen) atoms. The standard InChI is InChI=1S/C19H22N2O2/c1-11-8-12(2)17(13(3)9-11)20-19(23)21-18-15-7-5-4-6-14(15)10-16(18)22/h4-9,16,18,22H,10H2,1-3H3,(H2,20,21,23)/t16-,18+/m1/s1. The summed E-state index contributed by atoms with van der Waals surface area (Å²) in [6, 6.07) is 11.3. The van der Waals surface area contributed by atoms with Gasteiger partial charge >= 0.3 is 6.03 Å². The van der Waals surface area contributed by atoms with Crippen molar-refractivity contribution in [1.29, 1.82) is 0 Å². The molecule has 0 heterocycles. The van der Waals surface area contributed by atoms with Crippen LogP contribution >= 0.6 is 0 Å². The first-order chi connectivity index (χ1) is 11.0. The number of amides is 2. The molecule has 4 heteroatoms. The minimum Gasteiger partial charge on any atom is -0.390 e. The maximum Gasteiger partial charge on any atom is 0.319 e. The number of carbonyl (C=O) groups excluding carboxylic acids is 1. The quantitative estimate of drug-likeness (QED) is 0.796. The molecule has 0 aromatic heterocycles. The van der Waals surface area contributed by atoms with Crippen molar-refractivity contribution >= 4 is 11.7 Å². The summed E-state index contributed by atoms with van der Waals surface area (Å²) in [4.78, 5) is 12.4. The lowest BCUT2D eigenvalue weighted by Crippen LogP contribution is -2.37. The molecule has 2 atom stereocenters. The van der Waals surface area contributed by atoms with Crippen LogP contribution in [0.2, 0.25) is 0 Å². The lowest BCUT2D eigenvalue weighted by atomic mass is 10.1. The number of hydrogen-bond acceptors (Lipinski definition) is 2. The summed E-state index contributed by atoms with van der Waals surface area (Å²) in [6.07, 6.45) is -0.0117. The highest BCUT2D eigenvalue weighted by molar-refractivity contribution is 5.91. The van der Waals surface area contributed by atoms with Crippen molar-refractivity contribution in [1.82, 2.24) is 5.32 Å². The molecular weight excluding hydrogens is 288 g/mol. The molecule has 3 N–H and O–H groups in total. The first-order valence-electron chi connectivity index (χ1n) is 7.87. The number of nitrogens with one attached hydrogen (secondary N) is 2. The van der Waals surface area contributed by atoms with Gasteiger partial charge in [-0.2, -0.15) is 0 Å². The van der Waals surface area contributed by atoms with Crippen LogP contribution in [0, 0.1) is 20.8 Å². The number of benzene rings is 2. The summed E-state index contributed by atoms with van der Waals surface area (Å²) in [5, 5.41) is 16.1. The molecule has 0 fully saturated rings. The van der Waals surface area contributed by atoms with E-state index in [1.54, 1.807) is 0 Å². The van der Waals surface area contributed by atoms with Gasteiger partial charge in [-0.15, -0.1) is 0 Å². The van der Waals surface area contributed by atoms with Crippen LogP contribution < -0.4 is 10.6 Å². The molecular formula is C19H22N2O2. The van der Waals surface area contributed by atoms with Crippen LogP contribution in [0.4, 0.5) is 10.5 Å². The van der Waals surface area contributed by atoms with Gasteiger partial charge in [0.15, 0.2) is 0 Å². The molecule has 2 aromatic rings. The lowest BCUT2D eigenvalue weighted by Gasteiger charge is -2.20. The van der Waals surface area contributed by atoms with E-state index in [9.17, 15) is 9.90 Å². The van der Waals surface area contributed by atoms with Crippen LogP contribution in [0.3, 0.4) is 0 Å². The fourth-order valence-corrected chi connectivity index (χ4v) is 3.42. The fourth-order valence-electron chi connectivity index (χ4n) is 3.42. The van der Waals surface area contributed by atoms with Crippen LogP contribution in [-0.4, -0.2) is 17.2 Å². The Kier molecular flexibility index (Phi) is 4.09. The van der Waals surface area contributed by atoms with Gasteiger partial charge in [0.1, 0.15) is 0 Å². The molecule has 0 unspecified atom stereocenters. The lowest BCUT2D eigenvalue weighted by molar-refractivity contribution is 0.144. The van der Waals surface area contributed by atoms with E-state index in [0.29, 0.717) is 6.42 Å². The van der Waals surface area contributed by atoms with E-state index in [1.807, 2.05) is 57.2 Å². The predicted molar refractivity (Wildman–Crippen MR) is 91.7 cm³/mol. The molecule has 0 radical (unpaired) electrons. The van der Waals surface area contributed by atoms with Crippen LogP contribution in [0.1, 0.15) is 33.9 Å². The molecule has 0 spiro atoms. The van der Waals surface area contributed by atoms with E-state index < -0.39 is 6.10 Å². The van der Waals surface area contributed by atoms with Crippen molar-refractivity contribution in [2.24, 2.45) is 0 Å². The Morgan fingerprint density at radius 1 is 1.13 bits per heavy atom. The van der Waals surface area contributed by atoms with Gasteiger partial charge in [0.2, 0.25) is 0 Å². The van der Waals surface area contributed by atoms with E-state index in [4.69, 9.17) is 0 Å². The summed E-state index contributed by atoms with van der Waals surface area (Å²) in [5.74, 6) is 0. The third kappa shape index (κ3) is 3.08. The Morgan fingerprint density at radius 2 is 1.78 bits per heavy atom. The molecule has 0 saturated heterocycles. The zero-order valence-electron chi connectivity index (χ0n) is 13.7. The molecule has 0 bridgehead atoms. The highest BCUT2D eigenvalue weighted by atomic mass is 16.3. The monoisotopic (exact) mass is 310 g/mol. The first kappa shape index (κ1) is 15.6. The second-order valence-corrected chi connectivity index (χ2v) is 6.32. The molecule has 0 aliphatic heterocycles. The zero-order chi connectivity index (χ0) is 16.6. The van der Waals surface area contributed by atoms with Crippen LogP contribution in [0.25, 0.3) is 0 Å². The highest BCUT2D eigenvalue weighted by Gasteiger charge is 2.31. The second-order valence-electron chi connectivity index (χ2n) is 6.32. The van der Waals surface area contributed by atoms with E-state index in [-0.39, 0.29) is 12.1 Å². The van der Waals surface area contributed by atoms with E-state index in [2.05, 4.69) is 10.6 Å². The Bertz CT molecular complexity index is 732. The van der Waals surface area contributed by atoms with Crippen molar-refractivity contribution in [2.75, 3.05) is 5.32 Å². The number of fused-ring (bicyclic) bond motifs is 1. The molecule has 2 aromatic carbocycles. The van der Waals surface area contributed by atoms with Gasteiger partial charge in [-0.3, -0.25) is 0 Å². The van der Waals surface area contributed by atoms with Crippen LogP contribution in [0.15, 0.2) is 36.4 Å². The molecule has 1 aliphatic rings. The molecule has 0 saturated carbocycles. The summed E-state index contributed by atoms with van der Waals surface area (Å²) >= 11 is 0. The van der Waals surface area contributed by atoms with Gasteiger partial charge in [0, 0.05) is 12.1 Å². The molecule has 2 amide bonds. The highest BCUT2D eigenvalue weighted by Crippen LogP contribution is 2.31. The van der Waals surface area contributed by atoms with E-state index in [1.165, 1.54) is 5.56 Å². The average molecular weight is 310 g/mol. The van der Waals surface area contributed by atoms with Gasteiger partial charge in [0.05, 0.1) is 12.1 Å². The normalized spacial score (nSPS) is 19.3. The third-order valence-corrected chi connectivity index (χ3v) is 4.41. The number of aliphatic hydroxyl groups excluding tert-OH is 1. The van der Waals surface area contributed by atoms with Crippen LogP contribution in [-0.2, 0) is 6.42 Å². The van der Waals surface area contributed by atoms with Gasteiger partial charge in [-0.05, 0) is 43.0 Å². The van der Waals surface area contributed by atoms with Gasteiger partial charge < -0.3 is 15.7 Å². The minimum atomic E-state index is -0.585. The largest absolute Gasteiger partial charge is 0.390 e. The zero-order valence-corrected chi connectivity index (χ0v) is 13.7. The van der Waals surface area contributed by atoms with Crippen molar-refractivity contribution in [3.63, 3.8) is 0 Å². The minimum absolute atomic E-state index is 0.291. The molecule has 1 aliphatic carbocycles. The summed E-state index contributed by atoms with van der Waals surface area (Å²) < 4.78 is 0. The van der Waals surface area contributed by atoms with Gasteiger partial charge in [-0.25, -0.2) is 4.79 Å². The fraction of sp³-hybridized carbons (Fsp3) is 0.316. The smallest absolute Gasteiger partial charge is 0.319 e. The van der Waals surface area contributed by atoms with E-state index >= 15 is 0 Å². The topological polar surface area (TPSA) is 61.4 Å². The summed E-state index contributed by atoms with van der Waals surface area (Å²) in [6.45, 7) is 6.00. The average Bonchev–Trinajstić information content (AvgIpc) is 2.79. The Balaban J connectivity index is 1.76. The number of aryl methyl sites for hydroxylation is 3. The molecule has 120 valence electrons. The maximum absolute atomic E-state index is 12.4. The number of anilines is 1. The van der Waals surface area contributed by atoms with Crippen molar-refractivity contribution in [2.45, 2.75) is 39.3 Å². The Labute approximate surface area is 136 Å². The SMILES string of the molecule is Cc1cc(C)c(NC(=O)N[C@H]2c3ccccc3C[C@H]2O)c(C)c1. The van der Waals surface area contributed by atoms with Crippen molar-refractivity contribution < 1.29 is 9.90 Å². The first-order valence-corrected chi connectivity index (χ1v) is 7.87. The van der Waals surface area contributed by atoms with Gasteiger partial charge in [-0.1, -0.05) is 42.0 Å². The maximum atomic E-state index is 12.4. The summed E-state index contributed by atoms with van der Waals surface area (Å²) in [5.41, 5.74) is 6.15. The molecule has 4 nitrogen and oxygen atoms in total. The predicted octanol–water partition coefficient (Wildman–Crippen LogP) is 3.39. The number of rotatable bonds is 2. The second kappa shape index (κ2) is 6.05. The number of hydrogen-bond donors (Lipinski definition) is 3. The Morgan fingerprint density at radius 3 is 2.48 bits per heavy atom. The van der Waals surface area contributed by atoms with Crippen LogP contribution in [0.5, 0.6) is 0 Å². The number of aliphatic hydroxyl groups is 1. The Hall–Kier alpha value is -2.33. The third-order valence-electron chi connectivity index (χ3n) is 4.41. The van der Waals surface area contributed by atoms with Crippen molar-refractivity contribution in [3.8, 4) is 0 Å². The number of urea groups is 1. The molecule has 3 rings (SSSR count). The number of carbonyl (C=O) groups is 1. The summed E-state index contributed by atoms with van der Waals surface area (Å²) in [7, 11) is 0. The van der Waals surface area contributed by atoms with E-state index in [0.717, 1.165) is 27.9 Å².